The van der Waals surface area contributed by atoms with E-state index in [1.807, 2.05) is 30.3 Å². The summed E-state index contributed by atoms with van der Waals surface area (Å²) < 4.78 is 9.21. The van der Waals surface area contributed by atoms with E-state index in [1.54, 1.807) is 18.2 Å². The zero-order valence-corrected chi connectivity index (χ0v) is 11.8. The first-order valence-electron chi connectivity index (χ1n) is 6.28. The zero-order chi connectivity index (χ0) is 15.2. The van der Waals surface area contributed by atoms with Crippen LogP contribution >= 0.6 is 0 Å². The monoisotopic (exact) mass is 285 g/mol. The highest BCUT2D eigenvalue weighted by Gasteiger charge is 2.06. The maximum absolute atomic E-state index is 11.4. The van der Waals surface area contributed by atoms with Crippen LogP contribution in [-0.2, 0) is 9.47 Å². The van der Waals surface area contributed by atoms with Crippen LogP contribution in [0.15, 0.2) is 48.5 Å². The van der Waals surface area contributed by atoms with Gasteiger partial charge in [0.25, 0.3) is 0 Å². The van der Waals surface area contributed by atoms with Crippen LogP contribution in [-0.4, -0.2) is 26.3 Å². The van der Waals surface area contributed by atoms with E-state index in [9.17, 15) is 9.59 Å². The minimum Gasteiger partial charge on any atom is -0.465 e. The number of hydrogen-bond acceptors (Lipinski definition) is 4. The highest BCUT2D eigenvalue weighted by atomic mass is 16.5. The third kappa shape index (κ3) is 3.60. The maximum atomic E-state index is 11.4. The molecular weight excluding hydrogens is 270 g/mol. The molecule has 0 aliphatic heterocycles. The molecule has 0 aromatic heterocycles. The number of rotatable bonds is 3. The largest absolute Gasteiger partial charge is 0.465 e. The summed E-state index contributed by atoms with van der Waals surface area (Å²) in [6.45, 7) is 0. The molecule has 108 valence electrons. The van der Waals surface area contributed by atoms with E-state index in [0.29, 0.717) is 11.3 Å². The van der Waals surface area contributed by atoms with E-state index in [4.69, 9.17) is 0 Å². The highest BCUT2D eigenvalue weighted by molar-refractivity contribution is 5.90. The van der Waals surface area contributed by atoms with Crippen molar-refractivity contribution in [2.45, 2.75) is 0 Å². The molecule has 2 aromatic carbocycles. The number of esters is 1. The lowest BCUT2D eigenvalue weighted by Crippen LogP contribution is -2.10. The molecule has 5 nitrogen and oxygen atoms in total. The fraction of sp³-hybridized carbons (Fsp3) is 0.125. The second kappa shape index (κ2) is 6.56. The first kappa shape index (κ1) is 14.6. The summed E-state index contributed by atoms with van der Waals surface area (Å²) in [6.07, 6.45) is -0.520. The Kier molecular flexibility index (Phi) is 4.56. The molecule has 0 unspecified atom stereocenters. The molecular formula is C16H15NO4. The molecule has 2 rings (SSSR count). The van der Waals surface area contributed by atoms with E-state index in [2.05, 4.69) is 14.8 Å². The van der Waals surface area contributed by atoms with Gasteiger partial charge >= 0.3 is 12.1 Å². The molecule has 2 aromatic rings. The van der Waals surface area contributed by atoms with Crippen molar-refractivity contribution in [3.05, 3.63) is 54.1 Å². The molecule has 1 amide bonds. The normalized spacial score (nSPS) is 9.81. The summed E-state index contributed by atoms with van der Waals surface area (Å²) in [5.41, 5.74) is 2.97. The van der Waals surface area contributed by atoms with Crippen LogP contribution in [0, 0.1) is 0 Å². The van der Waals surface area contributed by atoms with E-state index < -0.39 is 6.09 Å². The van der Waals surface area contributed by atoms with Crippen LogP contribution in [0.2, 0.25) is 0 Å². The third-order valence-electron chi connectivity index (χ3n) is 2.93. The molecule has 0 fully saturated rings. The van der Waals surface area contributed by atoms with Gasteiger partial charge in [-0.3, -0.25) is 5.32 Å². The molecule has 0 spiro atoms. The van der Waals surface area contributed by atoms with Crippen LogP contribution in [0.5, 0.6) is 0 Å². The second-order valence-corrected chi connectivity index (χ2v) is 4.27. The highest BCUT2D eigenvalue weighted by Crippen LogP contribution is 2.23. The SMILES string of the molecule is COC(=O)Nc1cccc(-c2ccc(C(=O)OC)cc2)c1. The van der Waals surface area contributed by atoms with E-state index in [1.165, 1.54) is 14.2 Å². The van der Waals surface area contributed by atoms with Gasteiger partial charge in [0, 0.05) is 5.69 Å². The second-order valence-electron chi connectivity index (χ2n) is 4.27. The first-order valence-corrected chi connectivity index (χ1v) is 6.28. The number of amides is 1. The van der Waals surface area contributed by atoms with Crippen LogP contribution in [0.1, 0.15) is 10.4 Å². The lowest BCUT2D eigenvalue weighted by molar-refractivity contribution is 0.0600. The predicted molar refractivity (Wildman–Crippen MR) is 79.2 cm³/mol. The Morgan fingerprint density at radius 3 is 2.24 bits per heavy atom. The summed E-state index contributed by atoms with van der Waals surface area (Å²) >= 11 is 0. The molecule has 0 atom stereocenters. The maximum Gasteiger partial charge on any atom is 0.411 e. The molecule has 0 saturated heterocycles. The van der Waals surface area contributed by atoms with Crippen molar-refractivity contribution in [3.8, 4) is 11.1 Å². The lowest BCUT2D eigenvalue weighted by Gasteiger charge is -2.07. The first-order chi connectivity index (χ1) is 10.1. The number of benzene rings is 2. The Morgan fingerprint density at radius 2 is 1.62 bits per heavy atom. The van der Waals surface area contributed by atoms with Crippen LogP contribution in [0.25, 0.3) is 11.1 Å². The minimum absolute atomic E-state index is 0.373. The fourth-order valence-electron chi connectivity index (χ4n) is 1.86. The molecule has 1 N–H and O–H groups in total. The third-order valence-corrected chi connectivity index (χ3v) is 2.93. The molecule has 0 aliphatic rings. The lowest BCUT2D eigenvalue weighted by atomic mass is 10.0. The van der Waals surface area contributed by atoms with Gasteiger partial charge in [-0.1, -0.05) is 24.3 Å². The van der Waals surface area contributed by atoms with Gasteiger partial charge in [-0.25, -0.2) is 9.59 Å². The molecule has 0 heterocycles. The number of anilines is 1. The number of carbonyl (C=O) groups is 2. The fourth-order valence-corrected chi connectivity index (χ4v) is 1.86. The van der Waals surface area contributed by atoms with Crippen molar-refractivity contribution >= 4 is 17.7 Å². The smallest absolute Gasteiger partial charge is 0.411 e. The quantitative estimate of drug-likeness (QED) is 0.879. The van der Waals surface area contributed by atoms with Gasteiger partial charge in [0.05, 0.1) is 19.8 Å². The molecule has 0 radical (unpaired) electrons. The molecule has 0 bridgehead atoms. The number of nitrogens with one attached hydrogen (secondary N) is 1. The van der Waals surface area contributed by atoms with Gasteiger partial charge in [-0.2, -0.15) is 0 Å². The molecule has 0 saturated carbocycles. The van der Waals surface area contributed by atoms with Crippen molar-refractivity contribution in [2.75, 3.05) is 19.5 Å². The Bertz CT molecular complexity index is 650. The van der Waals surface area contributed by atoms with Crippen molar-refractivity contribution in [2.24, 2.45) is 0 Å². The van der Waals surface area contributed by atoms with Gasteiger partial charge < -0.3 is 9.47 Å². The topological polar surface area (TPSA) is 64.6 Å². The summed E-state index contributed by atoms with van der Waals surface area (Å²) in [6, 6.07) is 14.4. The number of hydrogen-bond donors (Lipinski definition) is 1. The van der Waals surface area contributed by atoms with Gasteiger partial charge in [0.2, 0.25) is 0 Å². The average molecular weight is 285 g/mol. The van der Waals surface area contributed by atoms with Crippen molar-refractivity contribution in [1.82, 2.24) is 0 Å². The summed E-state index contributed by atoms with van der Waals surface area (Å²) in [4.78, 5) is 22.6. The van der Waals surface area contributed by atoms with Gasteiger partial charge in [-0.05, 0) is 35.4 Å². The number of ether oxygens (including phenoxy) is 2. The Balaban J connectivity index is 2.23. The van der Waals surface area contributed by atoms with E-state index in [-0.39, 0.29) is 5.97 Å². The summed E-state index contributed by atoms with van der Waals surface area (Å²) in [5.74, 6) is -0.373. The predicted octanol–water partition coefficient (Wildman–Crippen LogP) is 3.32. The van der Waals surface area contributed by atoms with Crippen LogP contribution < -0.4 is 5.32 Å². The van der Waals surface area contributed by atoms with Crippen LogP contribution in [0.4, 0.5) is 10.5 Å². The van der Waals surface area contributed by atoms with Crippen molar-refractivity contribution in [1.29, 1.82) is 0 Å². The average Bonchev–Trinajstić information content (AvgIpc) is 2.54. The van der Waals surface area contributed by atoms with E-state index in [0.717, 1.165) is 11.1 Å². The Morgan fingerprint density at radius 1 is 0.905 bits per heavy atom. The molecule has 5 heteroatoms. The van der Waals surface area contributed by atoms with Crippen LogP contribution in [0.3, 0.4) is 0 Å². The van der Waals surface area contributed by atoms with Crippen molar-refractivity contribution in [3.63, 3.8) is 0 Å². The number of methoxy groups -OCH3 is 2. The minimum atomic E-state index is -0.520. The van der Waals surface area contributed by atoms with E-state index >= 15 is 0 Å². The standard InChI is InChI=1S/C16H15NO4/c1-20-15(18)12-8-6-11(7-9-12)13-4-3-5-14(10-13)17-16(19)21-2/h3-10H,1-2H3,(H,17,19). The summed E-state index contributed by atoms with van der Waals surface area (Å²) in [5, 5.41) is 2.61. The van der Waals surface area contributed by atoms with Crippen molar-refractivity contribution < 1.29 is 19.1 Å². The Hall–Kier alpha value is -2.82. The summed E-state index contributed by atoms with van der Waals surface area (Å²) in [7, 11) is 2.66. The molecule has 21 heavy (non-hydrogen) atoms. The number of carbonyl (C=O) groups excluding carboxylic acids is 2. The van der Waals surface area contributed by atoms with Gasteiger partial charge in [-0.15, -0.1) is 0 Å². The molecule has 0 aliphatic carbocycles. The zero-order valence-electron chi connectivity index (χ0n) is 11.8. The Labute approximate surface area is 122 Å². The van der Waals surface area contributed by atoms with Gasteiger partial charge in [0.1, 0.15) is 0 Å². The van der Waals surface area contributed by atoms with Gasteiger partial charge in [0.15, 0.2) is 0 Å².